The molecule has 2 aromatic rings. The number of amides is 2. The van der Waals surface area contributed by atoms with Crippen molar-refractivity contribution >= 4 is 23.7 Å². The summed E-state index contributed by atoms with van der Waals surface area (Å²) in [6.07, 6.45) is 0.534. The van der Waals surface area contributed by atoms with E-state index in [0.717, 1.165) is 30.2 Å². The number of carbonyl (C=O) groups is 3. The topological polar surface area (TPSA) is 156 Å². The first-order chi connectivity index (χ1) is 16.9. The van der Waals surface area contributed by atoms with Crippen LogP contribution in [0.2, 0.25) is 0 Å². The Balaban J connectivity index is 1.50. The quantitative estimate of drug-likeness (QED) is 0.306. The number of guanidine groups is 1. The molecule has 10 nitrogen and oxygen atoms in total. The van der Waals surface area contributed by atoms with Crippen LogP contribution in [-0.2, 0) is 14.4 Å². The summed E-state index contributed by atoms with van der Waals surface area (Å²) in [5, 5.41) is 29.8. The van der Waals surface area contributed by atoms with E-state index >= 15 is 0 Å². The lowest BCUT2D eigenvalue weighted by molar-refractivity contribution is -0.138. The molecule has 10 heteroatoms. The molecule has 1 unspecified atom stereocenters. The molecule has 0 bridgehead atoms. The normalized spacial score (nSPS) is 13.1. The van der Waals surface area contributed by atoms with Gasteiger partial charge in [0.1, 0.15) is 0 Å². The zero-order valence-corrected chi connectivity index (χ0v) is 19.2. The predicted molar refractivity (Wildman–Crippen MR) is 130 cm³/mol. The molecule has 0 saturated carbocycles. The van der Waals surface area contributed by atoms with Gasteiger partial charge in [-0.25, -0.2) is 0 Å². The summed E-state index contributed by atoms with van der Waals surface area (Å²) < 4.78 is 0. The second kappa shape index (κ2) is 12.7. The first-order valence-electron chi connectivity index (χ1n) is 11.3. The summed E-state index contributed by atoms with van der Waals surface area (Å²) in [7, 11) is 0. The fraction of sp³-hybridized carbons (Fsp3) is 0.320. The lowest BCUT2D eigenvalue weighted by Crippen LogP contribution is -2.39. The Morgan fingerprint density at radius 2 is 1.91 bits per heavy atom. The summed E-state index contributed by atoms with van der Waals surface area (Å²) in [5.41, 5.74) is 2.89. The van der Waals surface area contributed by atoms with Crippen LogP contribution in [0.15, 0.2) is 53.5 Å². The highest BCUT2D eigenvalue weighted by atomic mass is 16.4. The Labute approximate surface area is 203 Å². The maximum atomic E-state index is 12.4. The molecule has 2 aromatic carbocycles. The van der Waals surface area contributed by atoms with Crippen molar-refractivity contribution in [3.8, 4) is 17.2 Å². The van der Waals surface area contributed by atoms with Gasteiger partial charge in [0.15, 0.2) is 5.96 Å². The number of carboxylic acids is 1. The highest BCUT2D eigenvalue weighted by Gasteiger charge is 2.19. The van der Waals surface area contributed by atoms with Gasteiger partial charge in [-0.05, 0) is 35.2 Å². The van der Waals surface area contributed by atoms with Gasteiger partial charge in [-0.1, -0.05) is 36.4 Å². The molecule has 1 aliphatic heterocycles. The minimum atomic E-state index is -1.06. The minimum Gasteiger partial charge on any atom is -0.481 e. The number of hydrogen-bond acceptors (Lipinski definition) is 7. The predicted octanol–water partition coefficient (Wildman–Crippen LogP) is 1.30. The number of aliphatic imine (C=N–C) groups is 1. The van der Waals surface area contributed by atoms with Crippen molar-refractivity contribution < 1.29 is 19.5 Å². The van der Waals surface area contributed by atoms with Crippen LogP contribution in [0.5, 0.6) is 0 Å². The van der Waals surface area contributed by atoms with Crippen LogP contribution >= 0.6 is 0 Å². The first-order valence-corrected chi connectivity index (χ1v) is 11.3. The molecule has 35 heavy (non-hydrogen) atoms. The van der Waals surface area contributed by atoms with Gasteiger partial charge >= 0.3 is 5.97 Å². The first kappa shape index (κ1) is 25.2. The van der Waals surface area contributed by atoms with Crippen LogP contribution in [0.1, 0.15) is 36.4 Å². The zero-order chi connectivity index (χ0) is 25.0. The van der Waals surface area contributed by atoms with Crippen molar-refractivity contribution in [1.29, 1.82) is 5.26 Å². The van der Waals surface area contributed by atoms with E-state index in [-0.39, 0.29) is 25.3 Å². The monoisotopic (exact) mass is 476 g/mol. The lowest BCUT2D eigenvalue weighted by Gasteiger charge is -2.18. The number of nitriles is 1. The number of nitrogens with zero attached hydrogens (tertiary/aromatic N) is 2. The smallest absolute Gasteiger partial charge is 0.305 e. The number of carbonyl (C=O) groups excluding carboxylic acids is 2. The summed E-state index contributed by atoms with van der Waals surface area (Å²) >= 11 is 0. The van der Waals surface area contributed by atoms with Gasteiger partial charge in [0.2, 0.25) is 11.8 Å². The van der Waals surface area contributed by atoms with Crippen LogP contribution in [0.3, 0.4) is 0 Å². The maximum Gasteiger partial charge on any atom is 0.305 e. The van der Waals surface area contributed by atoms with Gasteiger partial charge in [-0.2, -0.15) is 5.26 Å². The third kappa shape index (κ3) is 8.16. The SMILES string of the molecule is N#Cc1cccc(-c2ccc(C(CC(=O)O)NC(=O)CNC(=O)CCCNC3=NCCN3)cc2)c1. The maximum absolute atomic E-state index is 12.4. The number of benzene rings is 2. The van der Waals surface area contributed by atoms with Gasteiger partial charge in [0.05, 0.1) is 37.2 Å². The zero-order valence-electron chi connectivity index (χ0n) is 19.2. The van der Waals surface area contributed by atoms with E-state index in [9.17, 15) is 19.5 Å². The second-order valence-electron chi connectivity index (χ2n) is 8.00. The molecule has 1 aliphatic rings. The standard InChI is InChI=1S/C25H28N6O4/c26-15-17-3-1-4-20(13-17)18-6-8-19(9-7-18)21(14-24(34)35)31-23(33)16-30-22(32)5-2-10-27-25-28-11-12-29-25/h1,3-4,6-9,13,21H,2,5,10-12,14,16H2,(H,30,32)(H,31,33)(H,34,35)(H2,27,28,29). The van der Waals surface area contributed by atoms with Gasteiger partial charge in [0, 0.05) is 19.5 Å². The van der Waals surface area contributed by atoms with Crippen molar-refractivity contribution in [3.05, 3.63) is 59.7 Å². The Kier molecular flexibility index (Phi) is 9.19. The van der Waals surface area contributed by atoms with Crippen molar-refractivity contribution in [3.63, 3.8) is 0 Å². The van der Waals surface area contributed by atoms with Gasteiger partial charge in [0.25, 0.3) is 0 Å². The highest BCUT2D eigenvalue weighted by molar-refractivity contribution is 5.85. The van der Waals surface area contributed by atoms with Crippen molar-refractivity contribution in [2.45, 2.75) is 25.3 Å². The van der Waals surface area contributed by atoms with E-state index in [1.165, 1.54) is 0 Å². The molecule has 0 fully saturated rings. The van der Waals surface area contributed by atoms with E-state index in [0.29, 0.717) is 24.1 Å². The second-order valence-corrected chi connectivity index (χ2v) is 8.00. The molecule has 0 aliphatic carbocycles. The molecule has 0 spiro atoms. The molecule has 182 valence electrons. The molecule has 1 heterocycles. The van der Waals surface area contributed by atoms with E-state index < -0.39 is 17.9 Å². The average Bonchev–Trinajstić information content (AvgIpc) is 3.38. The van der Waals surface area contributed by atoms with Crippen molar-refractivity contribution in [2.24, 2.45) is 4.99 Å². The number of aliphatic carboxylic acids is 1. The molecular formula is C25H28N6O4. The van der Waals surface area contributed by atoms with Crippen LogP contribution in [0.4, 0.5) is 0 Å². The molecule has 2 amide bonds. The van der Waals surface area contributed by atoms with E-state index in [2.05, 4.69) is 32.3 Å². The van der Waals surface area contributed by atoms with E-state index in [4.69, 9.17) is 5.26 Å². The van der Waals surface area contributed by atoms with Crippen molar-refractivity contribution in [1.82, 2.24) is 21.3 Å². The fourth-order valence-corrected chi connectivity index (χ4v) is 3.59. The number of rotatable bonds is 11. The summed E-state index contributed by atoms with van der Waals surface area (Å²) in [6, 6.07) is 15.6. The Morgan fingerprint density at radius 1 is 1.11 bits per heavy atom. The minimum absolute atomic E-state index is 0.240. The summed E-state index contributed by atoms with van der Waals surface area (Å²) in [4.78, 5) is 40.0. The van der Waals surface area contributed by atoms with Crippen LogP contribution in [-0.4, -0.2) is 55.0 Å². The van der Waals surface area contributed by atoms with E-state index in [1.807, 2.05) is 18.2 Å². The van der Waals surface area contributed by atoms with Crippen LogP contribution in [0.25, 0.3) is 11.1 Å². The largest absolute Gasteiger partial charge is 0.481 e. The molecular weight excluding hydrogens is 448 g/mol. The average molecular weight is 477 g/mol. The van der Waals surface area contributed by atoms with Crippen molar-refractivity contribution in [2.75, 3.05) is 26.2 Å². The Hall–Kier alpha value is -4.39. The Morgan fingerprint density at radius 3 is 2.60 bits per heavy atom. The van der Waals surface area contributed by atoms with Gasteiger partial charge < -0.3 is 26.4 Å². The third-order valence-corrected chi connectivity index (χ3v) is 5.35. The van der Waals surface area contributed by atoms with Gasteiger partial charge in [-0.3, -0.25) is 19.4 Å². The van der Waals surface area contributed by atoms with Gasteiger partial charge in [-0.15, -0.1) is 0 Å². The molecule has 0 saturated heterocycles. The summed E-state index contributed by atoms with van der Waals surface area (Å²) in [6.45, 7) is 1.89. The fourth-order valence-electron chi connectivity index (χ4n) is 3.59. The summed E-state index contributed by atoms with van der Waals surface area (Å²) in [5.74, 6) is -1.06. The molecule has 1 atom stereocenters. The molecule has 0 radical (unpaired) electrons. The molecule has 0 aromatic heterocycles. The number of nitrogens with one attached hydrogen (secondary N) is 4. The highest BCUT2D eigenvalue weighted by Crippen LogP contribution is 2.24. The molecule has 5 N–H and O–H groups in total. The van der Waals surface area contributed by atoms with E-state index in [1.54, 1.807) is 30.3 Å². The van der Waals surface area contributed by atoms with Crippen LogP contribution < -0.4 is 21.3 Å². The lowest BCUT2D eigenvalue weighted by atomic mass is 9.98. The molecule has 3 rings (SSSR count). The number of hydrogen-bond donors (Lipinski definition) is 5. The third-order valence-electron chi connectivity index (χ3n) is 5.35. The number of carboxylic acid groups (broad SMARTS) is 1. The Bertz CT molecular complexity index is 1120. The van der Waals surface area contributed by atoms with Crippen LogP contribution in [0, 0.1) is 11.3 Å².